The molecule has 1 fully saturated rings. The van der Waals surface area contributed by atoms with E-state index in [-0.39, 0.29) is 0 Å². The fourth-order valence-electron chi connectivity index (χ4n) is 3.03. The molecule has 1 heterocycles. The molecule has 0 aliphatic carbocycles. The summed E-state index contributed by atoms with van der Waals surface area (Å²) in [6.07, 6.45) is 8.13. The lowest BCUT2D eigenvalue weighted by atomic mass is 10.0. The maximum absolute atomic E-state index is 3.42. The van der Waals surface area contributed by atoms with Gasteiger partial charge in [-0.25, -0.2) is 0 Å². The van der Waals surface area contributed by atoms with Crippen molar-refractivity contribution in [2.75, 3.05) is 46.3 Å². The highest BCUT2D eigenvalue weighted by atomic mass is 15.2. The Morgan fingerprint density at radius 2 is 1.84 bits per heavy atom. The summed E-state index contributed by atoms with van der Waals surface area (Å²) in [6.45, 7) is 12.0. The second kappa shape index (κ2) is 10.6. The first kappa shape index (κ1) is 16.9. The molecule has 114 valence electrons. The third-order valence-corrected chi connectivity index (χ3v) is 4.43. The van der Waals surface area contributed by atoms with Crippen LogP contribution in [-0.4, -0.2) is 62.2 Å². The highest BCUT2D eigenvalue weighted by Gasteiger charge is 2.13. The van der Waals surface area contributed by atoms with Gasteiger partial charge in [0.15, 0.2) is 0 Å². The smallest absolute Gasteiger partial charge is 0.0107 e. The van der Waals surface area contributed by atoms with Crippen LogP contribution in [0, 0.1) is 0 Å². The fourth-order valence-corrected chi connectivity index (χ4v) is 3.03. The van der Waals surface area contributed by atoms with Gasteiger partial charge in [0.1, 0.15) is 0 Å². The lowest BCUT2D eigenvalue weighted by molar-refractivity contribution is 0.188. The van der Waals surface area contributed by atoms with Crippen molar-refractivity contribution in [3.8, 4) is 0 Å². The van der Waals surface area contributed by atoms with Gasteiger partial charge >= 0.3 is 0 Å². The third-order valence-electron chi connectivity index (χ3n) is 4.43. The van der Waals surface area contributed by atoms with Crippen molar-refractivity contribution in [1.29, 1.82) is 0 Å². The Morgan fingerprint density at radius 1 is 1.11 bits per heavy atom. The predicted molar refractivity (Wildman–Crippen MR) is 84.8 cm³/mol. The number of nitrogens with one attached hydrogen (secondary N) is 1. The first-order valence-corrected chi connectivity index (χ1v) is 8.41. The van der Waals surface area contributed by atoms with E-state index < -0.39 is 0 Å². The summed E-state index contributed by atoms with van der Waals surface area (Å²) < 4.78 is 0. The molecule has 1 aliphatic heterocycles. The lowest BCUT2D eigenvalue weighted by Gasteiger charge is -2.30. The van der Waals surface area contributed by atoms with Crippen molar-refractivity contribution in [3.05, 3.63) is 0 Å². The molecule has 1 aliphatic rings. The predicted octanol–water partition coefficient (Wildman–Crippen LogP) is 2.57. The second-order valence-corrected chi connectivity index (χ2v) is 5.98. The summed E-state index contributed by atoms with van der Waals surface area (Å²) in [5.41, 5.74) is 0. The zero-order valence-electron chi connectivity index (χ0n) is 13.5. The molecular formula is C16H35N3. The number of hydrogen-bond acceptors (Lipinski definition) is 3. The molecule has 19 heavy (non-hydrogen) atoms. The van der Waals surface area contributed by atoms with Gasteiger partial charge in [-0.15, -0.1) is 0 Å². The fraction of sp³-hybridized carbons (Fsp3) is 1.00. The Hall–Kier alpha value is -0.120. The molecule has 0 bridgehead atoms. The molecule has 3 heteroatoms. The van der Waals surface area contributed by atoms with E-state index in [2.05, 4.69) is 36.0 Å². The first-order valence-electron chi connectivity index (χ1n) is 8.41. The second-order valence-electron chi connectivity index (χ2n) is 5.98. The Balaban J connectivity index is 2.11. The maximum atomic E-state index is 3.42. The van der Waals surface area contributed by atoms with Crippen LogP contribution in [0.3, 0.4) is 0 Å². The van der Waals surface area contributed by atoms with E-state index >= 15 is 0 Å². The van der Waals surface area contributed by atoms with E-state index in [0.717, 1.165) is 6.04 Å². The molecule has 0 amide bonds. The van der Waals surface area contributed by atoms with Crippen molar-refractivity contribution in [1.82, 2.24) is 15.1 Å². The summed E-state index contributed by atoms with van der Waals surface area (Å²) in [5.74, 6) is 0. The zero-order valence-corrected chi connectivity index (χ0v) is 13.5. The van der Waals surface area contributed by atoms with E-state index in [1.807, 2.05) is 0 Å². The minimum atomic E-state index is 0.801. The number of hydrogen-bond donors (Lipinski definition) is 1. The molecule has 0 spiro atoms. The SMILES string of the molecule is CCCCCC(CC)N(C)CCCN1CCNCC1. The topological polar surface area (TPSA) is 18.5 Å². The summed E-state index contributed by atoms with van der Waals surface area (Å²) >= 11 is 0. The first-order chi connectivity index (χ1) is 9.27. The van der Waals surface area contributed by atoms with Gasteiger partial charge in [-0.3, -0.25) is 0 Å². The molecule has 0 aromatic heterocycles. The molecule has 0 radical (unpaired) electrons. The Morgan fingerprint density at radius 3 is 2.47 bits per heavy atom. The van der Waals surface area contributed by atoms with Crippen molar-refractivity contribution < 1.29 is 0 Å². The van der Waals surface area contributed by atoms with Crippen LogP contribution in [0.15, 0.2) is 0 Å². The molecule has 0 aromatic rings. The van der Waals surface area contributed by atoms with E-state index in [4.69, 9.17) is 0 Å². The molecule has 0 saturated carbocycles. The minimum Gasteiger partial charge on any atom is -0.314 e. The van der Waals surface area contributed by atoms with Crippen LogP contribution in [0.5, 0.6) is 0 Å². The lowest BCUT2D eigenvalue weighted by Crippen LogP contribution is -2.44. The highest BCUT2D eigenvalue weighted by Crippen LogP contribution is 2.12. The van der Waals surface area contributed by atoms with Crippen molar-refractivity contribution >= 4 is 0 Å². The van der Waals surface area contributed by atoms with Gasteiger partial charge in [0.2, 0.25) is 0 Å². The number of rotatable bonds is 10. The minimum absolute atomic E-state index is 0.801. The highest BCUT2D eigenvalue weighted by molar-refractivity contribution is 4.70. The molecule has 1 atom stereocenters. The van der Waals surface area contributed by atoms with Crippen LogP contribution < -0.4 is 5.32 Å². The quantitative estimate of drug-likeness (QED) is 0.615. The summed E-state index contributed by atoms with van der Waals surface area (Å²) in [5, 5.41) is 3.42. The van der Waals surface area contributed by atoms with E-state index in [0.29, 0.717) is 0 Å². The van der Waals surface area contributed by atoms with Gasteiger partial charge in [-0.1, -0.05) is 33.1 Å². The van der Waals surface area contributed by atoms with Crippen LogP contribution in [0.25, 0.3) is 0 Å². The van der Waals surface area contributed by atoms with Gasteiger partial charge in [0.25, 0.3) is 0 Å². The van der Waals surface area contributed by atoms with E-state index in [1.165, 1.54) is 77.8 Å². The molecule has 1 unspecified atom stereocenters. The van der Waals surface area contributed by atoms with Gasteiger partial charge in [-0.05, 0) is 39.4 Å². The number of nitrogens with zero attached hydrogens (tertiary/aromatic N) is 2. The summed E-state index contributed by atoms with van der Waals surface area (Å²) in [4.78, 5) is 5.19. The number of piperazine rings is 1. The molecule has 1 saturated heterocycles. The average molecular weight is 269 g/mol. The van der Waals surface area contributed by atoms with Gasteiger partial charge in [0.05, 0.1) is 0 Å². The number of unbranched alkanes of at least 4 members (excludes halogenated alkanes) is 2. The van der Waals surface area contributed by atoms with Gasteiger partial charge in [0, 0.05) is 32.2 Å². The Kier molecular flexibility index (Phi) is 9.48. The molecule has 3 nitrogen and oxygen atoms in total. The van der Waals surface area contributed by atoms with Crippen molar-refractivity contribution in [3.63, 3.8) is 0 Å². The van der Waals surface area contributed by atoms with Crippen LogP contribution in [0.1, 0.15) is 52.4 Å². The van der Waals surface area contributed by atoms with Crippen LogP contribution in [0.4, 0.5) is 0 Å². The van der Waals surface area contributed by atoms with E-state index in [9.17, 15) is 0 Å². The standard InChI is InChI=1S/C16H35N3/c1-4-6-7-9-16(5-2)18(3)12-8-13-19-14-10-17-11-15-19/h16-17H,4-15H2,1-3H3. The average Bonchev–Trinajstić information content (AvgIpc) is 2.44. The maximum Gasteiger partial charge on any atom is 0.0107 e. The zero-order chi connectivity index (χ0) is 13.9. The van der Waals surface area contributed by atoms with Crippen molar-refractivity contribution in [2.45, 2.75) is 58.4 Å². The normalized spacial score (nSPS) is 18.9. The van der Waals surface area contributed by atoms with Crippen LogP contribution >= 0.6 is 0 Å². The van der Waals surface area contributed by atoms with Gasteiger partial charge in [-0.2, -0.15) is 0 Å². The third kappa shape index (κ3) is 7.28. The van der Waals surface area contributed by atoms with Crippen LogP contribution in [0.2, 0.25) is 0 Å². The molecule has 1 N–H and O–H groups in total. The van der Waals surface area contributed by atoms with E-state index in [1.54, 1.807) is 0 Å². The molecule has 1 rings (SSSR count). The molecule has 0 aromatic carbocycles. The van der Waals surface area contributed by atoms with Gasteiger partial charge < -0.3 is 15.1 Å². The van der Waals surface area contributed by atoms with Crippen molar-refractivity contribution in [2.24, 2.45) is 0 Å². The monoisotopic (exact) mass is 269 g/mol. The van der Waals surface area contributed by atoms with Crippen LogP contribution in [-0.2, 0) is 0 Å². The molecular weight excluding hydrogens is 234 g/mol. The Bertz CT molecular complexity index is 202. The summed E-state index contributed by atoms with van der Waals surface area (Å²) in [7, 11) is 2.32. The Labute approximate surface area is 120 Å². The summed E-state index contributed by atoms with van der Waals surface area (Å²) in [6, 6.07) is 0.801. The largest absolute Gasteiger partial charge is 0.314 e.